The van der Waals surface area contributed by atoms with Gasteiger partial charge in [-0.2, -0.15) is 0 Å². The van der Waals surface area contributed by atoms with Crippen molar-refractivity contribution in [1.82, 2.24) is 35.9 Å². The number of rotatable bonds is 12. The van der Waals surface area contributed by atoms with Gasteiger partial charge >= 0.3 is 6.03 Å². The van der Waals surface area contributed by atoms with Crippen LogP contribution in [0.5, 0.6) is 5.75 Å². The summed E-state index contributed by atoms with van der Waals surface area (Å²) in [6.07, 6.45) is 1.79. The van der Waals surface area contributed by atoms with Gasteiger partial charge in [0.1, 0.15) is 17.5 Å². The number of urea groups is 1. The van der Waals surface area contributed by atoms with Crippen LogP contribution in [0.25, 0.3) is 0 Å². The molecule has 1 unspecified atom stereocenters. The molecule has 2 aromatic carbocycles. The van der Waals surface area contributed by atoms with Gasteiger partial charge in [-0.15, -0.1) is 6.58 Å². The van der Waals surface area contributed by atoms with E-state index in [1.807, 2.05) is 37.3 Å². The van der Waals surface area contributed by atoms with Crippen molar-refractivity contribution >= 4 is 23.8 Å². The van der Waals surface area contributed by atoms with E-state index in [4.69, 9.17) is 0 Å². The van der Waals surface area contributed by atoms with E-state index in [1.54, 1.807) is 46.2 Å². The average Bonchev–Trinajstić information content (AvgIpc) is 3.03. The summed E-state index contributed by atoms with van der Waals surface area (Å²) >= 11 is 0. The minimum Gasteiger partial charge on any atom is -0.508 e. The second kappa shape index (κ2) is 15.5. The molecular weight excluding hydrogens is 574 g/mol. The second-order valence-corrected chi connectivity index (χ2v) is 10.8. The van der Waals surface area contributed by atoms with E-state index in [-0.39, 0.29) is 67.8 Å². The summed E-state index contributed by atoms with van der Waals surface area (Å²) in [7, 11) is 1.52. The van der Waals surface area contributed by atoms with Gasteiger partial charge in [-0.05, 0) is 42.3 Å². The van der Waals surface area contributed by atoms with Gasteiger partial charge in [-0.1, -0.05) is 54.6 Å². The molecule has 1 aliphatic heterocycles. The SMILES string of the molecule is C=CCN(CC(=O)N1C(Cc2ccc(O)cc2)C(=O)N(Cc2cccc(C(=O)NC)n2)C[C@@H]1C)NC(=O)NCc1ccccc1. The molecule has 236 valence electrons. The van der Waals surface area contributed by atoms with E-state index in [2.05, 4.69) is 27.6 Å². The molecule has 0 aliphatic carbocycles. The fourth-order valence-electron chi connectivity index (χ4n) is 5.27. The first-order valence-corrected chi connectivity index (χ1v) is 14.7. The molecule has 1 fully saturated rings. The van der Waals surface area contributed by atoms with Crippen molar-refractivity contribution in [2.45, 2.75) is 38.5 Å². The molecule has 5 amide bonds. The molecule has 4 N–H and O–H groups in total. The number of pyridine rings is 1. The summed E-state index contributed by atoms with van der Waals surface area (Å²) < 4.78 is 0. The highest BCUT2D eigenvalue weighted by atomic mass is 16.3. The van der Waals surface area contributed by atoms with E-state index in [1.165, 1.54) is 24.2 Å². The number of piperazine rings is 1. The Morgan fingerprint density at radius 2 is 1.78 bits per heavy atom. The van der Waals surface area contributed by atoms with Crippen molar-refractivity contribution in [2.24, 2.45) is 0 Å². The van der Waals surface area contributed by atoms with Crippen molar-refractivity contribution < 1.29 is 24.3 Å². The van der Waals surface area contributed by atoms with Gasteiger partial charge in [0.15, 0.2) is 0 Å². The number of carbonyl (C=O) groups is 4. The third kappa shape index (κ3) is 8.89. The molecule has 0 bridgehead atoms. The quantitative estimate of drug-likeness (QED) is 0.181. The molecule has 2 atom stereocenters. The maximum Gasteiger partial charge on any atom is 0.329 e. The number of nitrogens with one attached hydrogen (secondary N) is 3. The lowest BCUT2D eigenvalue weighted by atomic mass is 9.97. The molecule has 0 spiro atoms. The number of nitrogens with zero attached hydrogens (tertiary/aromatic N) is 4. The Bertz CT molecular complexity index is 1500. The molecule has 12 nitrogen and oxygen atoms in total. The van der Waals surface area contributed by atoms with Crippen molar-refractivity contribution in [2.75, 3.05) is 26.7 Å². The van der Waals surface area contributed by atoms with E-state index in [0.29, 0.717) is 12.2 Å². The number of hydrogen-bond donors (Lipinski definition) is 4. The number of benzene rings is 2. The number of hydrogen-bond acceptors (Lipinski definition) is 7. The summed E-state index contributed by atoms with van der Waals surface area (Å²) in [6, 6.07) is 19.3. The number of aromatic nitrogens is 1. The minimum atomic E-state index is -0.856. The molecule has 2 heterocycles. The van der Waals surface area contributed by atoms with Crippen LogP contribution in [0.3, 0.4) is 0 Å². The number of aromatic hydroxyl groups is 1. The predicted octanol–water partition coefficient (Wildman–Crippen LogP) is 2.22. The molecule has 0 radical (unpaired) electrons. The van der Waals surface area contributed by atoms with E-state index < -0.39 is 12.1 Å². The topological polar surface area (TPSA) is 147 Å². The molecule has 1 saturated heterocycles. The highest BCUT2D eigenvalue weighted by Gasteiger charge is 2.41. The predicted molar refractivity (Wildman–Crippen MR) is 169 cm³/mol. The zero-order valence-corrected chi connectivity index (χ0v) is 25.5. The van der Waals surface area contributed by atoms with Crippen LogP contribution in [0.15, 0.2) is 85.5 Å². The second-order valence-electron chi connectivity index (χ2n) is 10.8. The first kappa shape index (κ1) is 32.7. The summed E-state index contributed by atoms with van der Waals surface area (Å²) in [5.74, 6) is -0.853. The Morgan fingerprint density at radius 1 is 1.04 bits per heavy atom. The van der Waals surface area contributed by atoms with Gasteiger partial charge in [-0.25, -0.2) is 14.8 Å². The normalized spacial score (nSPS) is 16.3. The summed E-state index contributed by atoms with van der Waals surface area (Å²) in [5, 5.41) is 16.6. The van der Waals surface area contributed by atoms with Crippen LogP contribution in [0, 0.1) is 0 Å². The summed E-state index contributed by atoms with van der Waals surface area (Å²) in [5.41, 5.74) is 5.19. The maximum absolute atomic E-state index is 14.0. The van der Waals surface area contributed by atoms with E-state index in [0.717, 1.165) is 11.1 Å². The molecule has 4 rings (SSSR count). The average molecular weight is 614 g/mol. The number of phenolic OH excluding ortho intramolecular Hbond substituents is 1. The molecule has 1 aromatic heterocycles. The molecule has 45 heavy (non-hydrogen) atoms. The highest BCUT2D eigenvalue weighted by molar-refractivity contribution is 5.92. The maximum atomic E-state index is 14.0. The smallest absolute Gasteiger partial charge is 0.329 e. The van der Waals surface area contributed by atoms with Crippen LogP contribution < -0.4 is 16.1 Å². The zero-order valence-electron chi connectivity index (χ0n) is 25.5. The van der Waals surface area contributed by atoms with Crippen LogP contribution in [-0.2, 0) is 29.1 Å². The lowest BCUT2D eigenvalue weighted by molar-refractivity contribution is -0.156. The Kier molecular flexibility index (Phi) is 11.2. The first-order chi connectivity index (χ1) is 21.7. The van der Waals surface area contributed by atoms with Crippen LogP contribution in [-0.4, -0.2) is 87.4 Å². The van der Waals surface area contributed by atoms with E-state index in [9.17, 15) is 24.3 Å². The van der Waals surface area contributed by atoms with Crippen molar-refractivity contribution in [3.63, 3.8) is 0 Å². The lowest BCUT2D eigenvalue weighted by Crippen LogP contribution is -2.64. The van der Waals surface area contributed by atoms with Gasteiger partial charge in [0.05, 0.1) is 18.8 Å². The Hall–Kier alpha value is -5.23. The standard InChI is InChI=1S/C33H39N7O5/c1-4-17-39(37-33(45)35-19-25-9-6-5-7-10-25)22-30(42)40-23(2)20-38(21-26-11-8-12-28(36-26)31(43)34-3)32(44)29(40)18-24-13-15-27(41)16-14-24/h4-16,23,29,41H,1,17-22H2,2-3H3,(H,34,43)(H2,35,37,45)/t23-,29?/m0/s1. The van der Waals surface area contributed by atoms with E-state index >= 15 is 0 Å². The van der Waals surface area contributed by atoms with Gasteiger partial charge in [-0.3, -0.25) is 19.8 Å². The molecule has 12 heteroatoms. The van der Waals surface area contributed by atoms with Gasteiger partial charge in [0.2, 0.25) is 11.8 Å². The van der Waals surface area contributed by atoms with Crippen molar-refractivity contribution in [3.05, 3.63) is 108 Å². The number of hydrazine groups is 1. The Morgan fingerprint density at radius 3 is 2.47 bits per heavy atom. The number of phenols is 1. The summed E-state index contributed by atoms with van der Waals surface area (Å²) in [6.45, 7) is 6.34. The number of carbonyl (C=O) groups excluding carboxylic acids is 4. The highest BCUT2D eigenvalue weighted by Crippen LogP contribution is 2.24. The molecular formula is C33H39N7O5. The van der Waals surface area contributed by atoms with Crippen LogP contribution in [0.4, 0.5) is 4.79 Å². The number of amides is 5. The fourth-order valence-corrected chi connectivity index (χ4v) is 5.27. The Labute approximate surface area is 262 Å². The summed E-state index contributed by atoms with van der Waals surface area (Å²) in [4.78, 5) is 60.3. The van der Waals surface area contributed by atoms with Crippen LogP contribution >= 0.6 is 0 Å². The lowest BCUT2D eigenvalue weighted by Gasteiger charge is -2.45. The van der Waals surface area contributed by atoms with Crippen molar-refractivity contribution in [3.8, 4) is 5.75 Å². The molecule has 3 aromatic rings. The van der Waals surface area contributed by atoms with Crippen LogP contribution in [0.1, 0.15) is 34.2 Å². The van der Waals surface area contributed by atoms with Gasteiger partial charge in [0, 0.05) is 39.1 Å². The third-order valence-corrected chi connectivity index (χ3v) is 7.40. The monoisotopic (exact) mass is 613 g/mol. The van der Waals surface area contributed by atoms with Gasteiger partial charge in [0.25, 0.3) is 5.91 Å². The van der Waals surface area contributed by atoms with Crippen LogP contribution in [0.2, 0.25) is 0 Å². The van der Waals surface area contributed by atoms with Crippen molar-refractivity contribution in [1.29, 1.82) is 0 Å². The zero-order chi connectivity index (χ0) is 32.3. The fraction of sp³-hybridized carbons (Fsp3) is 0.303. The third-order valence-electron chi connectivity index (χ3n) is 7.40. The molecule has 0 saturated carbocycles. The van der Waals surface area contributed by atoms with Gasteiger partial charge < -0.3 is 25.5 Å². The first-order valence-electron chi connectivity index (χ1n) is 14.7. The molecule has 1 aliphatic rings. The Balaban J connectivity index is 1.51. The minimum absolute atomic E-state index is 0.0930. The largest absolute Gasteiger partial charge is 0.508 e.